The Kier molecular flexibility index (Phi) is 3.22. The smallest absolute Gasteiger partial charge is 0.295 e. The Morgan fingerprint density at radius 1 is 1.41 bits per heavy atom. The molecule has 0 aliphatic heterocycles. The average Bonchev–Trinajstić information content (AvgIpc) is 2.86. The third kappa shape index (κ3) is 2.73. The van der Waals surface area contributed by atoms with E-state index in [-0.39, 0.29) is 6.54 Å². The van der Waals surface area contributed by atoms with E-state index in [4.69, 9.17) is 10.9 Å². The van der Waals surface area contributed by atoms with Gasteiger partial charge in [0.25, 0.3) is 5.91 Å². The molecule has 0 saturated heterocycles. The van der Waals surface area contributed by atoms with Gasteiger partial charge in [0.2, 0.25) is 0 Å². The first-order valence-corrected chi connectivity index (χ1v) is 5.05. The van der Waals surface area contributed by atoms with E-state index in [9.17, 15) is 4.79 Å². The molecule has 0 spiro atoms. The molecule has 0 saturated carbocycles. The molecule has 1 aromatic carbocycles. The van der Waals surface area contributed by atoms with Crippen LogP contribution in [0.5, 0.6) is 0 Å². The molecule has 2 rings (SSSR count). The van der Waals surface area contributed by atoms with Gasteiger partial charge < -0.3 is 9.84 Å². The predicted molar refractivity (Wildman–Crippen MR) is 62.6 cm³/mol. The molecular formula is C13H10N2O2. The second-order valence-electron chi connectivity index (χ2n) is 3.38. The van der Waals surface area contributed by atoms with Crippen LogP contribution < -0.4 is 5.32 Å². The lowest BCUT2D eigenvalue weighted by atomic mass is 10.2. The highest BCUT2D eigenvalue weighted by atomic mass is 16.5. The van der Waals surface area contributed by atoms with Crippen molar-refractivity contribution in [1.29, 1.82) is 0 Å². The van der Waals surface area contributed by atoms with Gasteiger partial charge in [-0.25, -0.2) is 0 Å². The van der Waals surface area contributed by atoms with E-state index >= 15 is 0 Å². The topological polar surface area (TPSA) is 55.1 Å². The number of carbonyl (C=O) groups is 1. The lowest BCUT2D eigenvalue weighted by Crippen LogP contribution is -2.20. The van der Waals surface area contributed by atoms with Gasteiger partial charge in [0.1, 0.15) is 5.69 Å². The van der Waals surface area contributed by atoms with Crippen molar-refractivity contribution in [3.05, 3.63) is 42.1 Å². The number of nitrogens with zero attached hydrogens (tertiary/aromatic N) is 1. The maximum atomic E-state index is 10.9. The lowest BCUT2D eigenvalue weighted by Gasteiger charge is -1.94. The van der Waals surface area contributed by atoms with Gasteiger partial charge in [-0.1, -0.05) is 35.5 Å². The molecule has 0 radical (unpaired) electrons. The number of aromatic nitrogens is 1. The summed E-state index contributed by atoms with van der Waals surface area (Å²) in [6.45, 7) is 0.263. The van der Waals surface area contributed by atoms with Crippen molar-refractivity contribution in [1.82, 2.24) is 10.5 Å². The molecule has 0 aliphatic carbocycles. The molecule has 0 fully saturated rings. The van der Waals surface area contributed by atoms with Gasteiger partial charge in [0.15, 0.2) is 5.76 Å². The Morgan fingerprint density at radius 3 is 2.88 bits per heavy atom. The van der Waals surface area contributed by atoms with E-state index in [1.165, 1.54) is 0 Å². The highest BCUT2D eigenvalue weighted by Crippen LogP contribution is 2.19. The Bertz CT molecular complexity index is 552. The van der Waals surface area contributed by atoms with Crippen LogP contribution in [0.3, 0.4) is 0 Å². The van der Waals surface area contributed by atoms with Crippen LogP contribution in [0.15, 0.2) is 40.9 Å². The Balaban J connectivity index is 2.07. The van der Waals surface area contributed by atoms with Crippen molar-refractivity contribution in [2.75, 3.05) is 0 Å². The summed E-state index contributed by atoms with van der Waals surface area (Å²) in [5, 5.41) is 6.36. The van der Waals surface area contributed by atoms with E-state index in [2.05, 4.69) is 10.5 Å². The van der Waals surface area contributed by atoms with Crippen LogP contribution >= 0.6 is 0 Å². The molecule has 0 unspecified atom stereocenters. The van der Waals surface area contributed by atoms with Crippen molar-refractivity contribution in [3.63, 3.8) is 0 Å². The third-order valence-electron chi connectivity index (χ3n) is 2.18. The molecule has 17 heavy (non-hydrogen) atoms. The number of amides is 1. The zero-order chi connectivity index (χ0) is 12.1. The standard InChI is InChI=1S/C13H10N2O2/c1-2-13(16)14-9-11-8-12(17-15-11)10-6-4-3-5-7-10/h1,3-8H,9H2,(H,14,16). The fourth-order valence-corrected chi connectivity index (χ4v) is 1.36. The zero-order valence-corrected chi connectivity index (χ0v) is 9.01. The Morgan fingerprint density at radius 2 is 2.18 bits per heavy atom. The van der Waals surface area contributed by atoms with Crippen LogP contribution in [0.25, 0.3) is 11.3 Å². The molecule has 4 nitrogen and oxygen atoms in total. The highest BCUT2D eigenvalue weighted by Gasteiger charge is 2.06. The highest BCUT2D eigenvalue weighted by molar-refractivity contribution is 5.92. The number of carbonyl (C=O) groups excluding carboxylic acids is 1. The number of terminal acetylenes is 1. The van der Waals surface area contributed by atoms with Gasteiger partial charge in [-0.2, -0.15) is 0 Å². The van der Waals surface area contributed by atoms with Crippen LogP contribution in [-0.4, -0.2) is 11.1 Å². The zero-order valence-electron chi connectivity index (χ0n) is 9.01. The quantitative estimate of drug-likeness (QED) is 0.808. The van der Waals surface area contributed by atoms with Gasteiger partial charge in [-0.05, 0) is 5.92 Å². The maximum Gasteiger partial charge on any atom is 0.295 e. The van der Waals surface area contributed by atoms with Crippen molar-refractivity contribution < 1.29 is 9.32 Å². The summed E-state index contributed by atoms with van der Waals surface area (Å²) in [4.78, 5) is 10.9. The van der Waals surface area contributed by atoms with Gasteiger partial charge in [-0.15, -0.1) is 6.42 Å². The lowest BCUT2D eigenvalue weighted by molar-refractivity contribution is -0.115. The molecule has 84 valence electrons. The average molecular weight is 226 g/mol. The molecule has 1 N–H and O–H groups in total. The van der Waals surface area contributed by atoms with E-state index in [1.54, 1.807) is 6.07 Å². The summed E-state index contributed by atoms with van der Waals surface area (Å²) in [5.74, 6) is 2.16. The number of hydrogen-bond acceptors (Lipinski definition) is 3. The van der Waals surface area contributed by atoms with Crippen molar-refractivity contribution >= 4 is 5.91 Å². The minimum atomic E-state index is -0.464. The largest absolute Gasteiger partial charge is 0.356 e. The Labute approximate surface area is 98.6 Å². The normalized spacial score (nSPS) is 9.59. The summed E-state index contributed by atoms with van der Waals surface area (Å²) < 4.78 is 5.16. The van der Waals surface area contributed by atoms with Crippen LogP contribution in [0.4, 0.5) is 0 Å². The van der Waals surface area contributed by atoms with Gasteiger partial charge >= 0.3 is 0 Å². The molecule has 4 heteroatoms. The van der Waals surface area contributed by atoms with Gasteiger partial charge in [-0.3, -0.25) is 4.79 Å². The van der Waals surface area contributed by atoms with Gasteiger partial charge in [0, 0.05) is 11.6 Å². The maximum absolute atomic E-state index is 10.9. The number of nitrogens with one attached hydrogen (secondary N) is 1. The molecule has 2 aromatic rings. The first-order chi connectivity index (χ1) is 8.29. The molecule has 0 bridgehead atoms. The van der Waals surface area contributed by atoms with Crippen molar-refractivity contribution in [2.24, 2.45) is 0 Å². The minimum Gasteiger partial charge on any atom is -0.356 e. The molecule has 1 aromatic heterocycles. The van der Waals surface area contributed by atoms with E-state index in [0.29, 0.717) is 11.5 Å². The summed E-state index contributed by atoms with van der Waals surface area (Å²) in [7, 11) is 0. The van der Waals surface area contributed by atoms with Gasteiger partial charge in [0.05, 0.1) is 6.54 Å². The Hall–Kier alpha value is -2.54. The predicted octanol–water partition coefficient (Wildman–Crippen LogP) is 1.59. The third-order valence-corrected chi connectivity index (χ3v) is 2.18. The van der Waals surface area contributed by atoms with E-state index in [1.807, 2.05) is 36.3 Å². The molecule has 1 amide bonds. The monoisotopic (exact) mass is 226 g/mol. The van der Waals surface area contributed by atoms with Crippen molar-refractivity contribution in [3.8, 4) is 23.7 Å². The molecular weight excluding hydrogens is 216 g/mol. The SMILES string of the molecule is C#CC(=O)NCc1cc(-c2ccccc2)on1. The van der Waals surface area contributed by atoms with E-state index < -0.39 is 5.91 Å². The molecule has 0 aliphatic rings. The number of benzene rings is 1. The molecule has 0 atom stereocenters. The summed E-state index contributed by atoms with van der Waals surface area (Å²) in [6, 6.07) is 11.4. The summed E-state index contributed by atoms with van der Waals surface area (Å²) in [6.07, 6.45) is 4.93. The fourth-order valence-electron chi connectivity index (χ4n) is 1.36. The molecule has 1 heterocycles. The number of rotatable bonds is 3. The second kappa shape index (κ2) is 4.99. The summed E-state index contributed by atoms with van der Waals surface area (Å²) in [5.41, 5.74) is 1.57. The van der Waals surface area contributed by atoms with Crippen molar-refractivity contribution in [2.45, 2.75) is 6.54 Å². The fraction of sp³-hybridized carbons (Fsp3) is 0.0769. The summed E-state index contributed by atoms with van der Waals surface area (Å²) >= 11 is 0. The van der Waals surface area contributed by atoms with Crippen LogP contribution in [-0.2, 0) is 11.3 Å². The first-order valence-electron chi connectivity index (χ1n) is 5.05. The first kappa shape index (κ1) is 11.0. The van der Waals surface area contributed by atoms with Crippen LogP contribution in [0, 0.1) is 12.3 Å². The number of hydrogen-bond donors (Lipinski definition) is 1. The van der Waals surface area contributed by atoms with E-state index in [0.717, 1.165) is 5.56 Å². The minimum absolute atomic E-state index is 0.263. The van der Waals surface area contributed by atoms with Crippen LogP contribution in [0.1, 0.15) is 5.69 Å². The second-order valence-corrected chi connectivity index (χ2v) is 3.38. The van der Waals surface area contributed by atoms with Crippen LogP contribution in [0.2, 0.25) is 0 Å².